The molecule has 0 radical (unpaired) electrons. The molecule has 2 aromatic heterocycles. The Kier molecular flexibility index (Phi) is 2.67. The summed E-state index contributed by atoms with van der Waals surface area (Å²) in [6.45, 7) is 0.782. The molecule has 1 fully saturated rings. The summed E-state index contributed by atoms with van der Waals surface area (Å²) in [7, 11) is 1.84. The van der Waals surface area contributed by atoms with Crippen LogP contribution in [-0.2, 0) is 16.6 Å². The Morgan fingerprint density at radius 1 is 1.50 bits per heavy atom. The van der Waals surface area contributed by atoms with E-state index in [-0.39, 0.29) is 5.78 Å². The first-order valence-corrected chi connectivity index (χ1v) is 5.66. The Morgan fingerprint density at radius 3 is 3.11 bits per heavy atom. The van der Waals surface area contributed by atoms with Crippen molar-refractivity contribution in [1.82, 2.24) is 19.7 Å². The van der Waals surface area contributed by atoms with Crippen LogP contribution in [0, 0.1) is 0 Å². The lowest BCUT2D eigenvalue weighted by Gasteiger charge is -2.16. The van der Waals surface area contributed by atoms with E-state index >= 15 is 0 Å². The highest BCUT2D eigenvalue weighted by atomic mass is 16.5. The van der Waals surface area contributed by atoms with Crippen molar-refractivity contribution in [2.45, 2.75) is 12.3 Å². The average molecular weight is 248 g/mol. The van der Waals surface area contributed by atoms with Gasteiger partial charge in [0.15, 0.2) is 0 Å². The van der Waals surface area contributed by atoms with Gasteiger partial charge in [-0.1, -0.05) is 5.16 Å². The van der Waals surface area contributed by atoms with Crippen molar-refractivity contribution < 1.29 is 14.1 Å². The van der Waals surface area contributed by atoms with Gasteiger partial charge in [-0.25, -0.2) is 4.98 Å². The lowest BCUT2D eigenvalue weighted by atomic mass is 10.0. The van der Waals surface area contributed by atoms with Crippen LogP contribution in [0.25, 0.3) is 11.5 Å². The van der Waals surface area contributed by atoms with Crippen molar-refractivity contribution in [2.75, 3.05) is 13.2 Å². The van der Waals surface area contributed by atoms with Crippen LogP contribution in [0.5, 0.6) is 0 Å². The summed E-state index contributed by atoms with van der Waals surface area (Å²) in [4.78, 5) is 20.0. The summed E-state index contributed by atoms with van der Waals surface area (Å²) in [5, 5.41) is 3.87. The van der Waals surface area contributed by atoms with Gasteiger partial charge in [0.1, 0.15) is 17.4 Å². The molecule has 0 aliphatic carbocycles. The third-order valence-corrected chi connectivity index (χ3v) is 2.95. The zero-order valence-electron chi connectivity index (χ0n) is 9.87. The normalized spacial score (nSPS) is 20.3. The van der Waals surface area contributed by atoms with Crippen LogP contribution < -0.4 is 0 Å². The standard InChI is InChI=1S/C11H12N4O3/c1-15-6-12-4-8(15)10-13-11(18-14-10)7-5-17-3-2-9(7)16/h4,6-7H,2-3,5H2,1H3. The van der Waals surface area contributed by atoms with Crippen molar-refractivity contribution in [2.24, 2.45) is 7.05 Å². The minimum absolute atomic E-state index is 0.0847. The van der Waals surface area contributed by atoms with Crippen molar-refractivity contribution >= 4 is 5.78 Å². The van der Waals surface area contributed by atoms with Crippen molar-refractivity contribution in [3.05, 3.63) is 18.4 Å². The summed E-state index contributed by atoms with van der Waals surface area (Å²) >= 11 is 0. The van der Waals surface area contributed by atoms with E-state index in [1.807, 2.05) is 7.05 Å². The number of hydrogen-bond acceptors (Lipinski definition) is 6. The minimum Gasteiger partial charge on any atom is -0.380 e. The third-order valence-electron chi connectivity index (χ3n) is 2.95. The van der Waals surface area contributed by atoms with E-state index in [1.165, 1.54) is 0 Å². The molecular formula is C11H12N4O3. The van der Waals surface area contributed by atoms with Gasteiger partial charge < -0.3 is 13.8 Å². The maximum absolute atomic E-state index is 11.7. The Morgan fingerprint density at radius 2 is 2.39 bits per heavy atom. The Hall–Kier alpha value is -2.02. The number of ketones is 1. The predicted molar refractivity (Wildman–Crippen MR) is 59.7 cm³/mol. The molecule has 1 aliphatic rings. The van der Waals surface area contributed by atoms with Crippen LogP contribution in [0.15, 0.2) is 17.0 Å². The monoisotopic (exact) mass is 248 g/mol. The van der Waals surface area contributed by atoms with Gasteiger partial charge in [-0.3, -0.25) is 4.79 Å². The maximum atomic E-state index is 11.7. The Bertz CT molecular complexity index is 574. The Labute approximate surface area is 103 Å². The van der Waals surface area contributed by atoms with Crippen LogP contribution in [0.2, 0.25) is 0 Å². The summed E-state index contributed by atoms with van der Waals surface area (Å²) in [5.41, 5.74) is 0.745. The first-order chi connectivity index (χ1) is 8.75. The van der Waals surface area contributed by atoms with Gasteiger partial charge in [0.05, 0.1) is 25.7 Å². The summed E-state index contributed by atoms with van der Waals surface area (Å²) in [6, 6.07) is 0. The molecule has 0 N–H and O–H groups in total. The summed E-state index contributed by atoms with van der Waals surface area (Å²) in [6.07, 6.45) is 3.70. The fourth-order valence-electron chi connectivity index (χ4n) is 1.90. The molecule has 0 saturated carbocycles. The van der Waals surface area contributed by atoms with Crippen LogP contribution in [-0.4, -0.2) is 38.7 Å². The van der Waals surface area contributed by atoms with Gasteiger partial charge in [-0.15, -0.1) is 0 Å². The number of nitrogens with zero attached hydrogens (tertiary/aromatic N) is 4. The second-order valence-corrected chi connectivity index (χ2v) is 4.19. The number of aryl methyl sites for hydroxylation is 1. The average Bonchev–Trinajstić information content (AvgIpc) is 2.98. The van der Waals surface area contributed by atoms with Gasteiger partial charge in [0.25, 0.3) is 0 Å². The molecule has 0 aromatic carbocycles. The molecule has 2 aromatic rings. The molecule has 7 heteroatoms. The zero-order valence-corrected chi connectivity index (χ0v) is 9.87. The van der Waals surface area contributed by atoms with E-state index in [4.69, 9.17) is 9.26 Å². The molecule has 18 heavy (non-hydrogen) atoms. The molecule has 0 bridgehead atoms. The molecule has 3 rings (SSSR count). The van der Waals surface area contributed by atoms with Crippen molar-refractivity contribution in [3.8, 4) is 11.5 Å². The van der Waals surface area contributed by atoms with Crippen LogP contribution in [0.3, 0.4) is 0 Å². The van der Waals surface area contributed by atoms with Crippen molar-refractivity contribution in [3.63, 3.8) is 0 Å². The van der Waals surface area contributed by atoms with Crippen LogP contribution >= 0.6 is 0 Å². The fourth-order valence-corrected chi connectivity index (χ4v) is 1.90. The number of carbonyl (C=O) groups excluding carboxylic acids is 1. The highest BCUT2D eigenvalue weighted by Crippen LogP contribution is 2.23. The number of aromatic nitrogens is 4. The van der Waals surface area contributed by atoms with Crippen LogP contribution in [0.1, 0.15) is 18.2 Å². The molecule has 1 atom stereocenters. The van der Waals surface area contributed by atoms with Gasteiger partial charge in [0, 0.05) is 13.5 Å². The first-order valence-electron chi connectivity index (χ1n) is 5.66. The maximum Gasteiger partial charge on any atom is 0.239 e. The number of ether oxygens (including phenoxy) is 1. The predicted octanol–water partition coefficient (Wildman–Crippen LogP) is 0.543. The number of hydrogen-bond donors (Lipinski definition) is 0. The molecule has 1 unspecified atom stereocenters. The fraction of sp³-hybridized carbons (Fsp3) is 0.455. The summed E-state index contributed by atoms with van der Waals surface area (Å²) < 4.78 is 12.2. The van der Waals surface area contributed by atoms with Gasteiger partial charge in [-0.2, -0.15) is 4.98 Å². The molecule has 1 aliphatic heterocycles. The molecule has 94 valence electrons. The largest absolute Gasteiger partial charge is 0.380 e. The van der Waals surface area contributed by atoms with Gasteiger partial charge >= 0.3 is 0 Å². The molecular weight excluding hydrogens is 236 g/mol. The van der Waals surface area contributed by atoms with E-state index in [0.29, 0.717) is 31.3 Å². The molecule has 3 heterocycles. The lowest BCUT2D eigenvalue weighted by molar-refractivity contribution is -0.127. The number of Topliss-reactive ketones (excluding diaryl/α,β-unsaturated/α-hetero) is 1. The number of imidazole rings is 1. The van der Waals surface area contributed by atoms with Gasteiger partial charge in [0.2, 0.25) is 11.7 Å². The van der Waals surface area contributed by atoms with Gasteiger partial charge in [-0.05, 0) is 0 Å². The molecule has 0 spiro atoms. The highest BCUT2D eigenvalue weighted by Gasteiger charge is 2.30. The quantitative estimate of drug-likeness (QED) is 0.771. The second-order valence-electron chi connectivity index (χ2n) is 4.19. The van der Waals surface area contributed by atoms with E-state index in [1.54, 1.807) is 17.1 Å². The molecule has 0 amide bonds. The van der Waals surface area contributed by atoms with E-state index in [9.17, 15) is 4.79 Å². The van der Waals surface area contributed by atoms with E-state index in [0.717, 1.165) is 5.69 Å². The van der Waals surface area contributed by atoms with Crippen molar-refractivity contribution in [1.29, 1.82) is 0 Å². The zero-order chi connectivity index (χ0) is 12.5. The minimum atomic E-state index is -0.437. The lowest BCUT2D eigenvalue weighted by Crippen LogP contribution is -2.25. The first kappa shape index (κ1) is 11.1. The molecule has 1 saturated heterocycles. The smallest absolute Gasteiger partial charge is 0.239 e. The topological polar surface area (TPSA) is 83.0 Å². The highest BCUT2D eigenvalue weighted by molar-refractivity contribution is 5.85. The Balaban J connectivity index is 1.89. The van der Waals surface area contributed by atoms with E-state index < -0.39 is 5.92 Å². The SMILES string of the molecule is Cn1cncc1-c1noc(C2COCCC2=O)n1. The van der Waals surface area contributed by atoms with Crippen LogP contribution in [0.4, 0.5) is 0 Å². The summed E-state index contributed by atoms with van der Waals surface area (Å²) in [5.74, 6) is 0.397. The number of carbonyl (C=O) groups is 1. The third kappa shape index (κ3) is 1.82. The molecule has 7 nitrogen and oxygen atoms in total. The number of rotatable bonds is 2. The van der Waals surface area contributed by atoms with E-state index in [2.05, 4.69) is 15.1 Å². The second kappa shape index (κ2) is 4.34.